The monoisotopic (exact) mass is 344 g/mol. The first kappa shape index (κ1) is 18.6. The fourth-order valence-electron chi connectivity index (χ4n) is 2.75. The average Bonchev–Trinajstić information content (AvgIpc) is 2.52. The number of nitrogens with one attached hydrogen (secondary N) is 1. The van der Waals surface area contributed by atoms with Crippen molar-refractivity contribution in [3.8, 4) is 0 Å². The van der Waals surface area contributed by atoms with E-state index in [-0.39, 0.29) is 13.2 Å². The molecule has 0 bridgehead atoms. The molecule has 0 aromatic heterocycles. The minimum Gasteiger partial charge on any atom is -0.297 e. The molecule has 0 radical (unpaired) electrons. The second-order valence-electron chi connectivity index (χ2n) is 5.59. The number of piperidine rings is 1. The van der Waals surface area contributed by atoms with Gasteiger partial charge in [-0.25, -0.2) is 14.0 Å². The molecule has 1 aromatic rings. The fraction of sp³-hybridized carbons (Fsp3) is 0.625. The smallest absolute Gasteiger partial charge is 0.297 e. The molecule has 1 fully saturated rings. The summed E-state index contributed by atoms with van der Waals surface area (Å²) in [5.41, 5.74) is 1.18. The van der Waals surface area contributed by atoms with Gasteiger partial charge in [-0.2, -0.15) is 0 Å². The molecule has 2 rings (SSSR count). The molecule has 1 aliphatic heterocycles. The van der Waals surface area contributed by atoms with Crippen molar-refractivity contribution in [3.63, 3.8) is 0 Å². The van der Waals surface area contributed by atoms with Crippen LogP contribution in [-0.4, -0.2) is 43.4 Å². The van der Waals surface area contributed by atoms with Gasteiger partial charge in [-0.05, 0) is 25.8 Å². The molecule has 1 saturated heterocycles. The van der Waals surface area contributed by atoms with Crippen LogP contribution in [0.25, 0.3) is 0 Å². The number of rotatable bonds is 8. The lowest BCUT2D eigenvalue weighted by atomic mass is 10.0. The van der Waals surface area contributed by atoms with Crippen LogP contribution >= 0.6 is 7.75 Å². The Bertz CT molecular complexity index is 507. The van der Waals surface area contributed by atoms with Gasteiger partial charge in [-0.15, -0.1) is 0 Å². The fourth-order valence-corrected chi connectivity index (χ4v) is 4.31. The standard InChI is InChI=1S/C16H26FN2O3P/c1-3-21-23(20,22-4-2)18-16-13-19(11-10-15(16)17)12-14-8-6-5-7-9-14/h5-9,15-16H,3-4,10-13H2,1-2H3,(H,18,20)/t15-,16-/m1/s1. The summed E-state index contributed by atoms with van der Waals surface area (Å²) in [6, 6.07) is 9.50. The quantitative estimate of drug-likeness (QED) is 0.733. The number of hydrogen-bond donors (Lipinski definition) is 1. The Morgan fingerprint density at radius 2 is 1.91 bits per heavy atom. The molecule has 0 saturated carbocycles. The maximum Gasteiger partial charge on any atom is 0.405 e. The van der Waals surface area contributed by atoms with Crippen LogP contribution in [0.3, 0.4) is 0 Å². The van der Waals surface area contributed by atoms with Crippen molar-refractivity contribution in [2.24, 2.45) is 0 Å². The van der Waals surface area contributed by atoms with Gasteiger partial charge in [0.05, 0.1) is 19.3 Å². The number of benzene rings is 1. The predicted octanol–water partition coefficient (Wildman–Crippen LogP) is 3.37. The summed E-state index contributed by atoms with van der Waals surface area (Å²) >= 11 is 0. The molecule has 7 heteroatoms. The minimum atomic E-state index is -3.45. The van der Waals surface area contributed by atoms with Gasteiger partial charge in [0.2, 0.25) is 0 Å². The number of likely N-dealkylation sites (tertiary alicyclic amines) is 1. The molecule has 130 valence electrons. The molecule has 2 atom stereocenters. The van der Waals surface area contributed by atoms with Crippen LogP contribution < -0.4 is 5.09 Å². The Kier molecular flexibility index (Phi) is 7.18. The SMILES string of the molecule is CCOP(=O)(N[C@@H]1CN(Cc2ccccc2)CC[C@H]1F)OCC. The van der Waals surface area contributed by atoms with E-state index in [1.807, 2.05) is 18.2 Å². The topological polar surface area (TPSA) is 50.8 Å². The van der Waals surface area contributed by atoms with E-state index in [4.69, 9.17) is 9.05 Å². The Morgan fingerprint density at radius 3 is 2.52 bits per heavy atom. The van der Waals surface area contributed by atoms with Crippen LogP contribution in [0.4, 0.5) is 4.39 Å². The van der Waals surface area contributed by atoms with E-state index < -0.39 is 20.0 Å². The molecule has 1 heterocycles. The normalized spacial score (nSPS) is 23.1. The van der Waals surface area contributed by atoms with Gasteiger partial charge in [-0.1, -0.05) is 30.3 Å². The molecular weight excluding hydrogens is 318 g/mol. The maximum absolute atomic E-state index is 14.2. The molecule has 0 amide bonds. The summed E-state index contributed by atoms with van der Waals surface area (Å²) in [6.07, 6.45) is -0.654. The highest BCUT2D eigenvalue weighted by Gasteiger charge is 2.36. The highest BCUT2D eigenvalue weighted by Crippen LogP contribution is 2.44. The molecule has 0 aliphatic carbocycles. The third-order valence-electron chi connectivity index (χ3n) is 3.78. The lowest BCUT2D eigenvalue weighted by Gasteiger charge is -2.36. The van der Waals surface area contributed by atoms with Gasteiger partial charge in [0, 0.05) is 19.6 Å². The highest BCUT2D eigenvalue weighted by molar-refractivity contribution is 7.51. The van der Waals surface area contributed by atoms with Crippen LogP contribution in [0.1, 0.15) is 25.8 Å². The number of hydrogen-bond acceptors (Lipinski definition) is 4. The van der Waals surface area contributed by atoms with Crippen molar-refractivity contribution in [1.82, 2.24) is 9.99 Å². The molecule has 1 aromatic carbocycles. The third kappa shape index (κ3) is 5.66. The number of nitrogens with zero attached hydrogens (tertiary/aromatic N) is 1. The van der Waals surface area contributed by atoms with Gasteiger partial charge in [0.15, 0.2) is 0 Å². The first-order valence-electron chi connectivity index (χ1n) is 8.13. The second kappa shape index (κ2) is 8.90. The van der Waals surface area contributed by atoms with E-state index in [1.165, 1.54) is 5.56 Å². The first-order chi connectivity index (χ1) is 11.1. The van der Waals surface area contributed by atoms with E-state index in [0.29, 0.717) is 19.5 Å². The Hall–Kier alpha value is -0.780. The van der Waals surface area contributed by atoms with Gasteiger partial charge in [0.1, 0.15) is 6.17 Å². The molecule has 0 spiro atoms. The largest absolute Gasteiger partial charge is 0.405 e. The Labute approximate surface area is 137 Å². The lowest BCUT2D eigenvalue weighted by Crippen LogP contribution is -2.51. The summed E-state index contributed by atoms with van der Waals surface area (Å²) in [5.74, 6) is 0. The molecule has 1 aliphatic rings. The summed E-state index contributed by atoms with van der Waals surface area (Å²) in [6.45, 7) is 5.89. The van der Waals surface area contributed by atoms with Crippen molar-refractivity contribution < 1.29 is 18.0 Å². The molecule has 23 heavy (non-hydrogen) atoms. The van der Waals surface area contributed by atoms with Crippen LogP contribution in [-0.2, 0) is 20.2 Å². The van der Waals surface area contributed by atoms with Crippen molar-refractivity contribution in [2.75, 3.05) is 26.3 Å². The van der Waals surface area contributed by atoms with Crippen LogP contribution in [0.2, 0.25) is 0 Å². The summed E-state index contributed by atoms with van der Waals surface area (Å²) < 4.78 is 37.2. The van der Waals surface area contributed by atoms with Crippen LogP contribution in [0, 0.1) is 0 Å². The molecular formula is C16H26FN2O3P. The van der Waals surface area contributed by atoms with Crippen molar-refractivity contribution in [2.45, 2.75) is 39.0 Å². The molecule has 0 unspecified atom stereocenters. The zero-order chi connectivity index (χ0) is 16.7. The zero-order valence-corrected chi connectivity index (χ0v) is 14.7. The van der Waals surface area contributed by atoms with E-state index in [9.17, 15) is 8.96 Å². The number of alkyl halides is 1. The summed E-state index contributed by atoms with van der Waals surface area (Å²) in [7, 11) is -3.45. The summed E-state index contributed by atoms with van der Waals surface area (Å²) in [5, 5.41) is 2.79. The first-order valence-corrected chi connectivity index (χ1v) is 9.68. The van der Waals surface area contributed by atoms with Gasteiger partial charge >= 0.3 is 7.75 Å². The van der Waals surface area contributed by atoms with Crippen LogP contribution in [0.5, 0.6) is 0 Å². The zero-order valence-electron chi connectivity index (χ0n) is 13.8. The molecule has 5 nitrogen and oxygen atoms in total. The lowest BCUT2D eigenvalue weighted by molar-refractivity contribution is 0.105. The van der Waals surface area contributed by atoms with E-state index >= 15 is 0 Å². The minimum absolute atomic E-state index is 0.252. The van der Waals surface area contributed by atoms with E-state index in [1.54, 1.807) is 13.8 Å². The average molecular weight is 344 g/mol. The van der Waals surface area contributed by atoms with E-state index in [2.05, 4.69) is 22.1 Å². The van der Waals surface area contributed by atoms with Gasteiger partial charge in [-0.3, -0.25) is 13.9 Å². The Morgan fingerprint density at radius 1 is 1.26 bits per heavy atom. The maximum atomic E-state index is 14.2. The van der Waals surface area contributed by atoms with Crippen molar-refractivity contribution >= 4 is 7.75 Å². The predicted molar refractivity (Wildman–Crippen MR) is 89.0 cm³/mol. The Balaban J connectivity index is 1.98. The second-order valence-corrected chi connectivity index (χ2v) is 7.36. The summed E-state index contributed by atoms with van der Waals surface area (Å²) in [4.78, 5) is 2.16. The van der Waals surface area contributed by atoms with Crippen molar-refractivity contribution in [1.29, 1.82) is 0 Å². The van der Waals surface area contributed by atoms with E-state index in [0.717, 1.165) is 6.54 Å². The number of halogens is 1. The van der Waals surface area contributed by atoms with Crippen LogP contribution in [0.15, 0.2) is 30.3 Å². The van der Waals surface area contributed by atoms with Crippen molar-refractivity contribution in [3.05, 3.63) is 35.9 Å². The van der Waals surface area contributed by atoms with Gasteiger partial charge < -0.3 is 0 Å². The molecule has 1 N–H and O–H groups in total. The van der Waals surface area contributed by atoms with Gasteiger partial charge in [0.25, 0.3) is 0 Å². The third-order valence-corrected chi connectivity index (χ3v) is 5.63. The highest BCUT2D eigenvalue weighted by atomic mass is 31.2.